The highest BCUT2D eigenvalue weighted by Crippen LogP contribution is 2.27. The Morgan fingerprint density at radius 2 is 1.84 bits per heavy atom. The number of halogens is 1. The van der Waals surface area contributed by atoms with Gasteiger partial charge in [-0.2, -0.15) is 0 Å². The third-order valence-electron chi connectivity index (χ3n) is 3.90. The lowest BCUT2D eigenvalue weighted by Crippen LogP contribution is -2.34. The summed E-state index contributed by atoms with van der Waals surface area (Å²) in [7, 11) is 5.09. The van der Waals surface area contributed by atoms with E-state index in [4.69, 9.17) is 9.47 Å². The van der Waals surface area contributed by atoms with Crippen LogP contribution >= 0.6 is 15.9 Å². The molecule has 0 unspecified atom stereocenters. The van der Waals surface area contributed by atoms with Crippen molar-refractivity contribution >= 4 is 27.5 Å². The van der Waals surface area contributed by atoms with Crippen LogP contribution in [-0.4, -0.2) is 33.7 Å². The van der Waals surface area contributed by atoms with Gasteiger partial charge in [-0.3, -0.25) is 4.79 Å². The minimum absolute atomic E-state index is 0.0437. The first-order valence-corrected chi connectivity index (χ1v) is 8.68. The number of nitrogens with zero attached hydrogens (tertiary/aromatic N) is 1. The number of rotatable bonds is 7. The molecule has 2 aromatic rings. The molecule has 0 heterocycles. The van der Waals surface area contributed by atoms with Crippen LogP contribution in [-0.2, 0) is 11.3 Å². The smallest absolute Gasteiger partial charge is 0.239 e. The van der Waals surface area contributed by atoms with E-state index < -0.39 is 0 Å². The summed E-state index contributed by atoms with van der Waals surface area (Å²) in [5.41, 5.74) is 3.09. The highest BCUT2D eigenvalue weighted by atomic mass is 79.9. The molecule has 0 spiro atoms. The van der Waals surface area contributed by atoms with E-state index in [0.29, 0.717) is 18.0 Å². The molecule has 5 nitrogen and oxygen atoms in total. The molecule has 0 aromatic heterocycles. The van der Waals surface area contributed by atoms with Gasteiger partial charge < -0.3 is 19.7 Å². The topological polar surface area (TPSA) is 50.8 Å². The van der Waals surface area contributed by atoms with E-state index in [9.17, 15) is 4.79 Å². The van der Waals surface area contributed by atoms with Gasteiger partial charge in [0.1, 0.15) is 0 Å². The summed E-state index contributed by atoms with van der Waals surface area (Å²) >= 11 is 3.49. The molecule has 2 aromatic carbocycles. The number of hydrogen-bond donors (Lipinski definition) is 1. The average molecular weight is 407 g/mol. The van der Waals surface area contributed by atoms with Crippen molar-refractivity contribution in [2.45, 2.75) is 13.5 Å². The largest absolute Gasteiger partial charge is 0.493 e. The number of hydrogen-bond acceptors (Lipinski definition) is 4. The first-order valence-electron chi connectivity index (χ1n) is 7.89. The van der Waals surface area contributed by atoms with Crippen molar-refractivity contribution in [3.8, 4) is 11.5 Å². The number of methoxy groups -OCH3 is 2. The Hall–Kier alpha value is -2.21. The van der Waals surface area contributed by atoms with Crippen LogP contribution in [0.3, 0.4) is 0 Å². The summed E-state index contributed by atoms with van der Waals surface area (Å²) in [5, 5.41) is 2.93. The van der Waals surface area contributed by atoms with Crippen molar-refractivity contribution in [2.24, 2.45) is 0 Å². The highest BCUT2D eigenvalue weighted by Gasteiger charge is 2.10. The van der Waals surface area contributed by atoms with Gasteiger partial charge in [0.15, 0.2) is 11.5 Å². The molecular formula is C19H23BrN2O3. The Kier molecular flexibility index (Phi) is 6.70. The zero-order valence-electron chi connectivity index (χ0n) is 14.9. The van der Waals surface area contributed by atoms with Crippen LogP contribution in [0, 0.1) is 6.92 Å². The van der Waals surface area contributed by atoms with Gasteiger partial charge in [0.25, 0.3) is 0 Å². The number of nitrogens with one attached hydrogen (secondary N) is 1. The number of amides is 1. The van der Waals surface area contributed by atoms with Crippen LogP contribution in [0.1, 0.15) is 11.1 Å². The second-order valence-corrected chi connectivity index (χ2v) is 6.61. The summed E-state index contributed by atoms with van der Waals surface area (Å²) in [6, 6.07) is 11.6. The summed E-state index contributed by atoms with van der Waals surface area (Å²) in [6.45, 7) is 2.75. The Bertz CT molecular complexity index is 749. The molecule has 134 valence electrons. The normalized spacial score (nSPS) is 10.3. The molecule has 1 amide bonds. The van der Waals surface area contributed by atoms with Crippen molar-refractivity contribution in [1.29, 1.82) is 0 Å². The van der Waals surface area contributed by atoms with Gasteiger partial charge in [0, 0.05) is 23.8 Å². The maximum atomic E-state index is 12.2. The maximum Gasteiger partial charge on any atom is 0.239 e. The predicted octanol–water partition coefficient (Wildman–Crippen LogP) is 3.53. The number of aryl methyl sites for hydroxylation is 1. The lowest BCUT2D eigenvalue weighted by Gasteiger charge is -2.19. The highest BCUT2D eigenvalue weighted by molar-refractivity contribution is 9.10. The van der Waals surface area contributed by atoms with E-state index in [1.54, 1.807) is 14.2 Å². The van der Waals surface area contributed by atoms with Crippen LogP contribution in [0.25, 0.3) is 0 Å². The van der Waals surface area contributed by atoms with E-state index in [1.165, 1.54) is 0 Å². The zero-order valence-corrected chi connectivity index (χ0v) is 16.5. The van der Waals surface area contributed by atoms with Crippen molar-refractivity contribution in [3.63, 3.8) is 0 Å². The number of carbonyl (C=O) groups excluding carboxylic acids is 1. The minimum atomic E-state index is -0.0437. The van der Waals surface area contributed by atoms with Gasteiger partial charge >= 0.3 is 0 Å². The first kappa shape index (κ1) is 19.1. The number of benzene rings is 2. The van der Waals surface area contributed by atoms with Gasteiger partial charge in [-0.1, -0.05) is 22.0 Å². The van der Waals surface area contributed by atoms with Crippen molar-refractivity contribution in [3.05, 3.63) is 52.0 Å². The fourth-order valence-electron chi connectivity index (χ4n) is 2.42. The molecule has 0 aliphatic rings. The molecule has 25 heavy (non-hydrogen) atoms. The third-order valence-corrected chi connectivity index (χ3v) is 4.79. The van der Waals surface area contributed by atoms with E-state index in [1.807, 2.05) is 55.3 Å². The van der Waals surface area contributed by atoms with Gasteiger partial charge in [-0.15, -0.1) is 0 Å². The Morgan fingerprint density at radius 1 is 1.12 bits per heavy atom. The Morgan fingerprint density at radius 3 is 2.48 bits per heavy atom. The van der Waals surface area contributed by atoms with E-state index in [-0.39, 0.29) is 12.5 Å². The number of ether oxygens (including phenoxy) is 2. The molecule has 0 aliphatic heterocycles. The second-order valence-electron chi connectivity index (χ2n) is 5.76. The Labute approximate surface area is 157 Å². The Balaban J connectivity index is 1.93. The van der Waals surface area contributed by atoms with Crippen LogP contribution in [0.2, 0.25) is 0 Å². The molecule has 0 saturated carbocycles. The molecule has 0 aliphatic carbocycles. The van der Waals surface area contributed by atoms with Gasteiger partial charge in [0.05, 0.1) is 20.8 Å². The summed E-state index contributed by atoms with van der Waals surface area (Å²) in [5.74, 6) is 1.28. The number of likely N-dealkylation sites (N-methyl/N-ethyl adjacent to an activating group) is 1. The minimum Gasteiger partial charge on any atom is -0.493 e. The van der Waals surface area contributed by atoms with Crippen molar-refractivity contribution in [2.75, 3.05) is 32.7 Å². The fourth-order valence-corrected chi connectivity index (χ4v) is 2.67. The molecule has 2 rings (SSSR count). The molecule has 6 heteroatoms. The second kappa shape index (κ2) is 8.76. The lowest BCUT2D eigenvalue weighted by atomic mass is 10.2. The lowest BCUT2D eigenvalue weighted by molar-refractivity contribution is -0.119. The molecule has 0 radical (unpaired) electrons. The fraction of sp³-hybridized carbons (Fsp3) is 0.316. The summed E-state index contributed by atoms with van der Waals surface area (Å²) in [6.07, 6.45) is 0. The van der Waals surface area contributed by atoms with Crippen molar-refractivity contribution in [1.82, 2.24) is 5.32 Å². The molecule has 0 bridgehead atoms. The number of carbonyl (C=O) groups is 1. The average Bonchev–Trinajstić information content (AvgIpc) is 2.61. The molecule has 0 fully saturated rings. The van der Waals surface area contributed by atoms with Crippen LogP contribution in [0.4, 0.5) is 5.69 Å². The van der Waals surface area contributed by atoms with Crippen LogP contribution in [0.5, 0.6) is 11.5 Å². The van der Waals surface area contributed by atoms with Gasteiger partial charge in [0.2, 0.25) is 5.91 Å². The number of anilines is 1. The van der Waals surface area contributed by atoms with E-state index in [0.717, 1.165) is 21.3 Å². The van der Waals surface area contributed by atoms with Gasteiger partial charge in [-0.05, 0) is 48.4 Å². The predicted molar refractivity (Wildman–Crippen MR) is 104 cm³/mol. The van der Waals surface area contributed by atoms with Crippen molar-refractivity contribution < 1.29 is 14.3 Å². The molecule has 0 saturated heterocycles. The quantitative estimate of drug-likeness (QED) is 0.763. The molecular weight excluding hydrogens is 384 g/mol. The summed E-state index contributed by atoms with van der Waals surface area (Å²) < 4.78 is 11.5. The summed E-state index contributed by atoms with van der Waals surface area (Å²) in [4.78, 5) is 14.1. The van der Waals surface area contributed by atoms with Crippen LogP contribution < -0.4 is 19.7 Å². The van der Waals surface area contributed by atoms with Gasteiger partial charge in [-0.25, -0.2) is 0 Å². The molecule has 0 atom stereocenters. The monoisotopic (exact) mass is 406 g/mol. The standard InChI is InChI=1S/C19H23BrN2O3/c1-13-9-15(6-7-16(13)20)22(2)12-19(23)21-11-14-5-8-17(24-3)18(10-14)25-4/h5-10H,11-12H2,1-4H3,(H,21,23). The SMILES string of the molecule is COc1ccc(CNC(=O)CN(C)c2ccc(Br)c(C)c2)cc1OC. The van der Waals surface area contributed by atoms with Crippen LogP contribution in [0.15, 0.2) is 40.9 Å². The van der Waals surface area contributed by atoms with E-state index in [2.05, 4.69) is 21.2 Å². The molecule has 1 N–H and O–H groups in total. The third kappa shape index (κ3) is 5.13. The zero-order chi connectivity index (χ0) is 18.4. The first-order chi connectivity index (χ1) is 11.9. The maximum absolute atomic E-state index is 12.2. The van der Waals surface area contributed by atoms with E-state index >= 15 is 0 Å².